The molecule has 0 aliphatic heterocycles. The second-order valence-corrected chi connectivity index (χ2v) is 3.23. The van der Waals surface area contributed by atoms with Gasteiger partial charge in [0.2, 0.25) is 0 Å². The van der Waals surface area contributed by atoms with E-state index in [1.54, 1.807) is 6.92 Å². The maximum absolute atomic E-state index is 10.1. The molecule has 66 valence electrons. The highest BCUT2D eigenvalue weighted by molar-refractivity contribution is 8.00. The molecule has 0 bridgehead atoms. The van der Waals surface area contributed by atoms with Crippen molar-refractivity contribution in [3.8, 4) is 0 Å². The molecule has 0 heterocycles. The average Bonchev–Trinajstić information content (AvgIpc) is 1.87. The van der Waals surface area contributed by atoms with Gasteiger partial charge in [0.25, 0.3) is 0 Å². The van der Waals surface area contributed by atoms with E-state index in [4.69, 9.17) is 14.9 Å². The molecule has 11 heavy (non-hydrogen) atoms. The number of hydrogen-bond acceptors (Lipinski definition) is 4. The van der Waals surface area contributed by atoms with Gasteiger partial charge in [0.05, 0.1) is 0 Å². The Morgan fingerprint density at radius 3 is 2.64 bits per heavy atom. The van der Waals surface area contributed by atoms with Crippen LogP contribution < -0.4 is 0 Å². The maximum atomic E-state index is 10.1. The number of ether oxygens (including phenoxy) is 1. The van der Waals surface area contributed by atoms with Gasteiger partial charge in [-0.05, 0) is 13.8 Å². The SMILES string of the molecule is CCOC(C)SC(O)C(=O)O. The van der Waals surface area contributed by atoms with E-state index in [1.165, 1.54) is 0 Å². The first-order chi connectivity index (χ1) is 5.07. The molecule has 0 rings (SSSR count). The summed E-state index contributed by atoms with van der Waals surface area (Å²) >= 11 is 0.866. The third-order valence-corrected chi connectivity index (χ3v) is 1.91. The first kappa shape index (κ1) is 10.7. The summed E-state index contributed by atoms with van der Waals surface area (Å²) in [6, 6.07) is 0. The normalized spacial score (nSPS) is 15.9. The van der Waals surface area contributed by atoms with E-state index >= 15 is 0 Å². The van der Waals surface area contributed by atoms with Crippen LogP contribution in [-0.2, 0) is 9.53 Å². The Morgan fingerprint density at radius 1 is 1.73 bits per heavy atom. The second kappa shape index (κ2) is 5.40. The van der Waals surface area contributed by atoms with Gasteiger partial charge >= 0.3 is 5.97 Å². The molecule has 0 aromatic rings. The minimum Gasteiger partial charge on any atom is -0.479 e. The van der Waals surface area contributed by atoms with E-state index in [2.05, 4.69) is 0 Å². The molecule has 5 heteroatoms. The molecule has 0 saturated heterocycles. The Kier molecular flexibility index (Phi) is 5.27. The van der Waals surface area contributed by atoms with Gasteiger partial charge in [0, 0.05) is 6.61 Å². The molecule has 0 amide bonds. The minimum atomic E-state index is -1.39. The molecule has 0 fully saturated rings. The van der Waals surface area contributed by atoms with Crippen LogP contribution in [0.4, 0.5) is 0 Å². The summed E-state index contributed by atoms with van der Waals surface area (Å²) in [5, 5.41) is 17.1. The fourth-order valence-electron chi connectivity index (χ4n) is 0.514. The first-order valence-corrected chi connectivity index (χ1v) is 4.20. The number of rotatable bonds is 5. The van der Waals surface area contributed by atoms with Gasteiger partial charge in [-0.25, -0.2) is 4.79 Å². The fourth-order valence-corrected chi connectivity index (χ4v) is 1.21. The van der Waals surface area contributed by atoms with Crippen LogP contribution in [0.5, 0.6) is 0 Å². The summed E-state index contributed by atoms with van der Waals surface area (Å²) in [5.41, 5.74) is -1.68. The molecular weight excluding hydrogens is 168 g/mol. The Morgan fingerprint density at radius 2 is 2.27 bits per heavy atom. The van der Waals surface area contributed by atoms with Crippen molar-refractivity contribution in [2.75, 3.05) is 6.61 Å². The summed E-state index contributed by atoms with van der Waals surface area (Å²) in [4.78, 5) is 10.1. The van der Waals surface area contributed by atoms with Crippen molar-refractivity contribution >= 4 is 17.7 Å². The van der Waals surface area contributed by atoms with Crippen molar-refractivity contribution in [3.05, 3.63) is 0 Å². The van der Waals surface area contributed by atoms with E-state index in [9.17, 15) is 4.79 Å². The summed E-state index contributed by atoms with van der Waals surface area (Å²) in [6.45, 7) is 4.02. The van der Waals surface area contributed by atoms with Gasteiger partial charge < -0.3 is 14.9 Å². The van der Waals surface area contributed by atoms with E-state index in [0.717, 1.165) is 11.8 Å². The molecule has 0 aliphatic rings. The summed E-state index contributed by atoms with van der Waals surface area (Å²) < 4.78 is 5.00. The van der Waals surface area contributed by atoms with Crippen LogP contribution >= 0.6 is 11.8 Å². The number of carboxylic acids is 1. The molecular formula is C6H12O4S. The zero-order chi connectivity index (χ0) is 8.85. The Bertz CT molecular complexity index is 128. The molecule has 2 unspecified atom stereocenters. The Balaban J connectivity index is 3.56. The lowest BCUT2D eigenvalue weighted by Crippen LogP contribution is -2.19. The number of hydrogen-bond donors (Lipinski definition) is 2. The topological polar surface area (TPSA) is 66.8 Å². The van der Waals surface area contributed by atoms with E-state index in [0.29, 0.717) is 6.61 Å². The van der Waals surface area contributed by atoms with Crippen molar-refractivity contribution in [2.45, 2.75) is 24.7 Å². The number of aliphatic hydroxyl groups is 1. The summed E-state index contributed by atoms with van der Waals surface area (Å²) in [5.74, 6) is -1.23. The van der Waals surface area contributed by atoms with Crippen molar-refractivity contribution in [1.82, 2.24) is 0 Å². The molecule has 0 radical (unpaired) electrons. The zero-order valence-electron chi connectivity index (χ0n) is 6.48. The van der Waals surface area contributed by atoms with Crippen molar-refractivity contribution in [3.63, 3.8) is 0 Å². The van der Waals surface area contributed by atoms with Crippen molar-refractivity contribution < 1.29 is 19.7 Å². The standard InChI is InChI=1S/C6H12O4S/c1-3-10-4(2)11-6(9)5(7)8/h4,6,9H,3H2,1-2H3,(H,7,8). The van der Waals surface area contributed by atoms with Gasteiger partial charge in [0.15, 0.2) is 5.44 Å². The number of aliphatic hydroxyl groups excluding tert-OH is 1. The van der Waals surface area contributed by atoms with Crippen molar-refractivity contribution in [1.29, 1.82) is 0 Å². The van der Waals surface area contributed by atoms with Gasteiger partial charge in [-0.2, -0.15) is 0 Å². The van der Waals surface area contributed by atoms with Crippen LogP contribution in [0.3, 0.4) is 0 Å². The lowest BCUT2D eigenvalue weighted by Gasteiger charge is -2.12. The zero-order valence-corrected chi connectivity index (χ0v) is 7.30. The Hall–Kier alpha value is -0.260. The third-order valence-electron chi connectivity index (χ3n) is 0.933. The number of carboxylic acid groups (broad SMARTS) is 1. The predicted molar refractivity (Wildman–Crippen MR) is 42.3 cm³/mol. The summed E-state index contributed by atoms with van der Waals surface area (Å²) in [6.07, 6.45) is 0. The van der Waals surface area contributed by atoms with Gasteiger partial charge in [-0.1, -0.05) is 11.8 Å². The van der Waals surface area contributed by atoms with Crippen molar-refractivity contribution in [2.24, 2.45) is 0 Å². The van der Waals surface area contributed by atoms with Crippen LogP contribution in [0, 0.1) is 0 Å². The lowest BCUT2D eigenvalue weighted by molar-refractivity contribution is -0.142. The molecule has 0 aromatic carbocycles. The van der Waals surface area contributed by atoms with Gasteiger partial charge in [-0.3, -0.25) is 0 Å². The van der Waals surface area contributed by atoms with Gasteiger partial charge in [0.1, 0.15) is 5.44 Å². The monoisotopic (exact) mass is 180 g/mol. The second-order valence-electron chi connectivity index (χ2n) is 1.85. The molecule has 0 saturated carbocycles. The highest BCUT2D eigenvalue weighted by Gasteiger charge is 2.17. The highest BCUT2D eigenvalue weighted by Crippen LogP contribution is 2.16. The van der Waals surface area contributed by atoms with Crippen LogP contribution in [0.25, 0.3) is 0 Å². The van der Waals surface area contributed by atoms with E-state index in [1.807, 2.05) is 6.92 Å². The Labute approximate surface area is 69.6 Å². The molecule has 0 aliphatic carbocycles. The highest BCUT2D eigenvalue weighted by atomic mass is 32.2. The first-order valence-electron chi connectivity index (χ1n) is 3.25. The molecule has 0 aromatic heterocycles. The van der Waals surface area contributed by atoms with Crippen LogP contribution in [0.15, 0.2) is 0 Å². The average molecular weight is 180 g/mol. The number of thioether (sulfide) groups is 1. The molecule has 0 spiro atoms. The lowest BCUT2D eigenvalue weighted by atomic mass is 10.7. The minimum absolute atomic E-state index is 0.286. The van der Waals surface area contributed by atoms with E-state index < -0.39 is 11.4 Å². The fraction of sp³-hybridized carbons (Fsp3) is 0.833. The largest absolute Gasteiger partial charge is 0.479 e. The maximum Gasteiger partial charge on any atom is 0.343 e. The third kappa shape index (κ3) is 5.06. The molecule has 2 N–H and O–H groups in total. The number of carbonyl (C=O) groups is 1. The van der Waals surface area contributed by atoms with Crippen LogP contribution in [0.1, 0.15) is 13.8 Å². The van der Waals surface area contributed by atoms with Gasteiger partial charge in [-0.15, -0.1) is 0 Å². The van der Waals surface area contributed by atoms with Crippen LogP contribution in [0.2, 0.25) is 0 Å². The number of aliphatic carboxylic acids is 1. The molecule has 2 atom stereocenters. The van der Waals surface area contributed by atoms with E-state index in [-0.39, 0.29) is 5.44 Å². The smallest absolute Gasteiger partial charge is 0.343 e. The quantitative estimate of drug-likeness (QED) is 0.603. The molecule has 4 nitrogen and oxygen atoms in total. The van der Waals surface area contributed by atoms with Crippen LogP contribution in [-0.4, -0.2) is 33.7 Å². The predicted octanol–water partition coefficient (Wildman–Crippen LogP) is 0.505. The summed E-state index contributed by atoms with van der Waals surface area (Å²) in [7, 11) is 0.